The fourth-order valence-corrected chi connectivity index (χ4v) is 2.13. The van der Waals surface area contributed by atoms with Crippen LogP contribution in [0.4, 0.5) is 0 Å². The number of nitrogens with zero attached hydrogens (tertiary/aromatic N) is 2. The first-order valence-electron chi connectivity index (χ1n) is 4.91. The van der Waals surface area contributed by atoms with Crippen molar-refractivity contribution in [2.24, 2.45) is 0 Å². The Labute approximate surface area is 93.9 Å². The molecular weight excluding hydrogens is 208 g/mol. The molecule has 0 aromatic carbocycles. The number of thiophene rings is 1. The molecule has 1 amide bonds. The summed E-state index contributed by atoms with van der Waals surface area (Å²) in [6.45, 7) is 5.07. The highest BCUT2D eigenvalue weighted by Crippen LogP contribution is 2.17. The molecule has 80 valence electrons. The molecule has 0 bridgehead atoms. The van der Waals surface area contributed by atoms with Gasteiger partial charge in [-0.1, -0.05) is 0 Å². The number of hydrogen-bond acceptors (Lipinski definition) is 3. The van der Waals surface area contributed by atoms with Crippen molar-refractivity contribution in [3.8, 4) is 6.07 Å². The Balaban J connectivity index is 2.69. The van der Waals surface area contributed by atoms with Crippen LogP contribution in [-0.2, 0) is 0 Å². The molecule has 0 saturated heterocycles. The van der Waals surface area contributed by atoms with E-state index in [0.717, 1.165) is 9.75 Å². The second-order valence-corrected chi connectivity index (χ2v) is 4.49. The molecule has 0 aliphatic carbocycles. The molecule has 15 heavy (non-hydrogen) atoms. The van der Waals surface area contributed by atoms with Crippen molar-refractivity contribution in [2.45, 2.75) is 20.3 Å². The van der Waals surface area contributed by atoms with Crippen molar-refractivity contribution < 1.29 is 4.79 Å². The Kier molecular flexibility index (Phi) is 4.32. The minimum Gasteiger partial charge on any atom is -0.337 e. The first kappa shape index (κ1) is 11.7. The van der Waals surface area contributed by atoms with Crippen LogP contribution in [0.15, 0.2) is 12.1 Å². The van der Waals surface area contributed by atoms with Crippen LogP contribution >= 0.6 is 11.3 Å². The van der Waals surface area contributed by atoms with Crippen LogP contribution in [0.5, 0.6) is 0 Å². The third-order valence-corrected chi connectivity index (χ3v) is 3.10. The number of rotatable bonds is 4. The Morgan fingerprint density at radius 1 is 1.60 bits per heavy atom. The van der Waals surface area contributed by atoms with E-state index in [1.807, 2.05) is 26.0 Å². The van der Waals surface area contributed by atoms with Gasteiger partial charge in [-0.15, -0.1) is 11.3 Å². The molecule has 4 heteroatoms. The summed E-state index contributed by atoms with van der Waals surface area (Å²) >= 11 is 1.50. The standard InChI is InChI=1S/C11H14N2OS/c1-3-13(8-4-7-12)11(14)10-6-5-9(2)15-10/h5-6H,3-4,8H2,1-2H3. The Morgan fingerprint density at radius 3 is 2.80 bits per heavy atom. The number of carbonyl (C=O) groups excluding carboxylic acids is 1. The molecular formula is C11H14N2OS. The Morgan fingerprint density at radius 2 is 2.33 bits per heavy atom. The number of nitriles is 1. The van der Waals surface area contributed by atoms with Crippen LogP contribution < -0.4 is 0 Å². The van der Waals surface area contributed by atoms with Crippen LogP contribution in [0, 0.1) is 18.3 Å². The molecule has 0 aliphatic rings. The van der Waals surface area contributed by atoms with Crippen molar-refractivity contribution in [3.05, 3.63) is 21.9 Å². The van der Waals surface area contributed by atoms with Crippen LogP contribution in [0.1, 0.15) is 27.9 Å². The zero-order chi connectivity index (χ0) is 11.3. The van der Waals surface area contributed by atoms with Crippen LogP contribution in [0.25, 0.3) is 0 Å². The topological polar surface area (TPSA) is 44.1 Å². The number of aryl methyl sites for hydroxylation is 1. The number of amides is 1. The zero-order valence-electron chi connectivity index (χ0n) is 8.99. The van der Waals surface area contributed by atoms with Crippen molar-refractivity contribution in [3.63, 3.8) is 0 Å². The van der Waals surface area contributed by atoms with E-state index >= 15 is 0 Å². The first-order chi connectivity index (χ1) is 7.19. The van der Waals surface area contributed by atoms with Gasteiger partial charge in [0.25, 0.3) is 5.91 Å². The maximum atomic E-state index is 11.9. The minimum absolute atomic E-state index is 0.0332. The number of carbonyl (C=O) groups is 1. The van der Waals surface area contributed by atoms with Gasteiger partial charge in [-0.05, 0) is 26.0 Å². The lowest BCUT2D eigenvalue weighted by molar-refractivity contribution is 0.0772. The molecule has 1 heterocycles. The molecule has 1 aromatic rings. The molecule has 0 spiro atoms. The Bertz CT molecular complexity index is 378. The van der Waals surface area contributed by atoms with Gasteiger partial charge in [0.1, 0.15) is 0 Å². The molecule has 0 N–H and O–H groups in total. The predicted octanol–water partition coefficient (Wildman–Crippen LogP) is 2.43. The quantitative estimate of drug-likeness (QED) is 0.785. The van der Waals surface area contributed by atoms with Crippen molar-refractivity contribution in [1.29, 1.82) is 5.26 Å². The third kappa shape index (κ3) is 3.07. The van der Waals surface area contributed by atoms with Gasteiger partial charge in [0.2, 0.25) is 0 Å². The second-order valence-electron chi connectivity index (χ2n) is 3.20. The van der Waals surface area contributed by atoms with Gasteiger partial charge >= 0.3 is 0 Å². The lowest BCUT2D eigenvalue weighted by Crippen LogP contribution is -2.31. The molecule has 1 rings (SSSR count). The van der Waals surface area contributed by atoms with E-state index < -0.39 is 0 Å². The molecule has 0 saturated carbocycles. The average Bonchev–Trinajstić information content (AvgIpc) is 2.65. The second kappa shape index (κ2) is 5.52. The number of hydrogen-bond donors (Lipinski definition) is 0. The van der Waals surface area contributed by atoms with E-state index in [1.54, 1.807) is 4.90 Å². The largest absolute Gasteiger partial charge is 0.337 e. The lowest BCUT2D eigenvalue weighted by Gasteiger charge is -2.18. The van der Waals surface area contributed by atoms with E-state index in [1.165, 1.54) is 11.3 Å². The maximum Gasteiger partial charge on any atom is 0.263 e. The van der Waals surface area contributed by atoms with E-state index in [-0.39, 0.29) is 5.91 Å². The predicted molar refractivity (Wildman–Crippen MR) is 60.9 cm³/mol. The summed E-state index contributed by atoms with van der Waals surface area (Å²) in [5.41, 5.74) is 0. The Hall–Kier alpha value is -1.34. The summed E-state index contributed by atoms with van der Waals surface area (Å²) in [6, 6.07) is 5.84. The van der Waals surface area contributed by atoms with Gasteiger partial charge in [0.05, 0.1) is 17.4 Å². The van der Waals surface area contributed by atoms with E-state index in [9.17, 15) is 4.79 Å². The van der Waals surface area contributed by atoms with Gasteiger partial charge in [-0.3, -0.25) is 4.79 Å². The molecule has 3 nitrogen and oxygen atoms in total. The van der Waals surface area contributed by atoms with Gasteiger partial charge in [0, 0.05) is 18.0 Å². The first-order valence-corrected chi connectivity index (χ1v) is 5.73. The van der Waals surface area contributed by atoms with Crippen molar-refractivity contribution in [2.75, 3.05) is 13.1 Å². The maximum absolute atomic E-state index is 11.9. The zero-order valence-corrected chi connectivity index (χ0v) is 9.80. The SMILES string of the molecule is CCN(CCC#N)C(=O)c1ccc(C)s1. The van der Waals surface area contributed by atoms with Gasteiger partial charge in [0.15, 0.2) is 0 Å². The summed E-state index contributed by atoms with van der Waals surface area (Å²) in [6.07, 6.45) is 0.393. The highest BCUT2D eigenvalue weighted by molar-refractivity contribution is 7.13. The average molecular weight is 222 g/mol. The molecule has 0 radical (unpaired) electrons. The van der Waals surface area contributed by atoms with E-state index in [0.29, 0.717) is 19.5 Å². The summed E-state index contributed by atoms with van der Waals surface area (Å²) < 4.78 is 0. The summed E-state index contributed by atoms with van der Waals surface area (Å²) in [5.74, 6) is 0.0332. The molecule has 0 aliphatic heterocycles. The van der Waals surface area contributed by atoms with Gasteiger partial charge in [-0.2, -0.15) is 5.26 Å². The monoisotopic (exact) mass is 222 g/mol. The summed E-state index contributed by atoms with van der Waals surface area (Å²) in [7, 11) is 0. The minimum atomic E-state index is 0.0332. The van der Waals surface area contributed by atoms with Crippen molar-refractivity contribution in [1.82, 2.24) is 4.90 Å². The van der Waals surface area contributed by atoms with Crippen LogP contribution in [0.3, 0.4) is 0 Å². The third-order valence-electron chi connectivity index (χ3n) is 2.11. The van der Waals surface area contributed by atoms with Gasteiger partial charge < -0.3 is 4.90 Å². The fraction of sp³-hybridized carbons (Fsp3) is 0.455. The lowest BCUT2D eigenvalue weighted by atomic mass is 10.3. The summed E-state index contributed by atoms with van der Waals surface area (Å²) in [4.78, 5) is 15.5. The fourth-order valence-electron chi connectivity index (χ4n) is 1.29. The van der Waals surface area contributed by atoms with Crippen molar-refractivity contribution >= 4 is 17.2 Å². The molecule has 0 fully saturated rings. The van der Waals surface area contributed by atoms with Gasteiger partial charge in [-0.25, -0.2) is 0 Å². The molecule has 0 unspecified atom stereocenters. The normalized spacial score (nSPS) is 9.67. The van der Waals surface area contributed by atoms with E-state index in [2.05, 4.69) is 6.07 Å². The van der Waals surface area contributed by atoms with E-state index in [4.69, 9.17) is 5.26 Å². The highest BCUT2D eigenvalue weighted by atomic mass is 32.1. The summed E-state index contributed by atoms with van der Waals surface area (Å²) in [5, 5.41) is 8.48. The van der Waals surface area contributed by atoms with Crippen LogP contribution in [0.2, 0.25) is 0 Å². The smallest absolute Gasteiger partial charge is 0.263 e. The highest BCUT2D eigenvalue weighted by Gasteiger charge is 2.14. The van der Waals surface area contributed by atoms with Crippen LogP contribution in [-0.4, -0.2) is 23.9 Å². The molecule has 1 aromatic heterocycles. The molecule has 0 atom stereocenters.